The first-order valence-electron chi connectivity index (χ1n) is 11.5. The lowest BCUT2D eigenvalue weighted by molar-refractivity contribution is 0.0526. The average molecular weight is 709 g/mol. The molecule has 1 saturated heterocycles. The maximum Gasteiger partial charge on any atom is 0.338 e. The molecule has 0 spiro atoms. The van der Waals surface area contributed by atoms with E-state index in [-0.39, 0.29) is 18.4 Å². The van der Waals surface area contributed by atoms with E-state index in [1.165, 1.54) is 0 Å². The summed E-state index contributed by atoms with van der Waals surface area (Å²) in [5, 5.41) is 3.01. The number of rotatable bonds is 6. The fraction of sp³-hybridized carbons (Fsp3) is 0.222. The van der Waals surface area contributed by atoms with Crippen molar-refractivity contribution in [3.8, 4) is 0 Å². The first-order valence-corrected chi connectivity index (χ1v) is 13.7. The van der Waals surface area contributed by atoms with Crippen LogP contribution in [0, 0.1) is 7.14 Å². The van der Waals surface area contributed by atoms with Crippen LogP contribution in [0.2, 0.25) is 0 Å². The number of amides is 2. The number of piperazine rings is 1. The van der Waals surface area contributed by atoms with E-state index in [4.69, 9.17) is 4.74 Å². The van der Waals surface area contributed by atoms with Crippen molar-refractivity contribution in [2.75, 3.05) is 43.0 Å². The molecule has 0 saturated carbocycles. The fourth-order valence-corrected chi connectivity index (χ4v) is 5.10. The Bertz CT molecular complexity index is 1280. The molecule has 0 aliphatic carbocycles. The third-order valence-electron chi connectivity index (χ3n) is 5.86. The van der Waals surface area contributed by atoms with Gasteiger partial charge in [-0.15, -0.1) is 0 Å². The number of nitrogens with one attached hydrogen (secondary N) is 1. The predicted molar refractivity (Wildman–Crippen MR) is 157 cm³/mol. The molecule has 3 aromatic rings. The summed E-state index contributed by atoms with van der Waals surface area (Å²) in [5.74, 6) is -0.686. The van der Waals surface area contributed by atoms with Crippen LogP contribution in [0.3, 0.4) is 0 Å². The highest BCUT2D eigenvalue weighted by Crippen LogP contribution is 2.30. The van der Waals surface area contributed by atoms with E-state index in [0.29, 0.717) is 48.6 Å². The zero-order chi connectivity index (χ0) is 25.7. The minimum atomic E-state index is -0.443. The van der Waals surface area contributed by atoms with Crippen LogP contribution in [-0.4, -0.2) is 55.5 Å². The Kier molecular flexibility index (Phi) is 8.83. The van der Waals surface area contributed by atoms with Gasteiger partial charge in [0.1, 0.15) is 0 Å². The Labute approximate surface area is 237 Å². The van der Waals surface area contributed by atoms with Crippen molar-refractivity contribution >= 4 is 74.3 Å². The largest absolute Gasteiger partial charge is 0.462 e. The van der Waals surface area contributed by atoms with Gasteiger partial charge in [0.25, 0.3) is 11.8 Å². The maximum atomic E-state index is 13.2. The molecule has 0 atom stereocenters. The van der Waals surface area contributed by atoms with E-state index in [9.17, 15) is 14.4 Å². The lowest BCUT2D eigenvalue weighted by Gasteiger charge is -2.37. The topological polar surface area (TPSA) is 79.0 Å². The van der Waals surface area contributed by atoms with Crippen LogP contribution in [0.5, 0.6) is 0 Å². The first-order chi connectivity index (χ1) is 17.4. The number of esters is 1. The van der Waals surface area contributed by atoms with Crippen molar-refractivity contribution in [1.82, 2.24) is 4.90 Å². The van der Waals surface area contributed by atoms with Gasteiger partial charge in [-0.3, -0.25) is 9.59 Å². The van der Waals surface area contributed by atoms with E-state index in [1.807, 2.05) is 59.5 Å². The first kappa shape index (κ1) is 26.4. The molecule has 2 amide bonds. The number of hydrogen-bond donors (Lipinski definition) is 1. The van der Waals surface area contributed by atoms with Gasteiger partial charge in [0.2, 0.25) is 0 Å². The quantitative estimate of drug-likeness (QED) is 0.279. The molecule has 4 rings (SSSR count). The molecule has 9 heteroatoms. The molecule has 0 radical (unpaired) electrons. The molecule has 1 aliphatic rings. The third-order valence-corrected chi connectivity index (χ3v) is 7.47. The lowest BCUT2D eigenvalue weighted by Crippen LogP contribution is -2.49. The molecule has 7 nitrogen and oxygen atoms in total. The number of benzene rings is 3. The number of nitrogens with zero attached hydrogens (tertiary/aromatic N) is 2. The van der Waals surface area contributed by atoms with E-state index < -0.39 is 5.97 Å². The van der Waals surface area contributed by atoms with Crippen molar-refractivity contribution in [2.24, 2.45) is 0 Å². The van der Waals surface area contributed by atoms with E-state index in [2.05, 4.69) is 55.4 Å². The summed E-state index contributed by atoms with van der Waals surface area (Å²) >= 11 is 4.32. The molecule has 1 aliphatic heterocycles. The summed E-state index contributed by atoms with van der Waals surface area (Å²) < 4.78 is 6.95. The van der Waals surface area contributed by atoms with E-state index in [1.54, 1.807) is 19.1 Å². The van der Waals surface area contributed by atoms with Crippen LogP contribution >= 0.6 is 45.2 Å². The highest BCUT2D eigenvalue weighted by molar-refractivity contribution is 14.1. The zero-order valence-electron chi connectivity index (χ0n) is 19.7. The summed E-state index contributed by atoms with van der Waals surface area (Å²) in [6, 6.07) is 20.1. The van der Waals surface area contributed by atoms with Gasteiger partial charge in [-0.25, -0.2) is 4.79 Å². The summed E-state index contributed by atoms with van der Waals surface area (Å²) in [6.45, 7) is 4.32. The Morgan fingerprint density at radius 1 is 0.889 bits per heavy atom. The summed E-state index contributed by atoms with van der Waals surface area (Å²) in [6.07, 6.45) is 0. The van der Waals surface area contributed by atoms with E-state index in [0.717, 1.165) is 12.8 Å². The second kappa shape index (κ2) is 12.0. The van der Waals surface area contributed by atoms with Crippen LogP contribution < -0.4 is 10.2 Å². The number of ether oxygens (including phenoxy) is 1. The van der Waals surface area contributed by atoms with Crippen LogP contribution in [-0.2, 0) is 4.74 Å². The van der Waals surface area contributed by atoms with Crippen LogP contribution in [0.4, 0.5) is 11.4 Å². The number of halogens is 2. The Hall–Kier alpha value is -2.67. The zero-order valence-corrected chi connectivity index (χ0v) is 24.0. The molecule has 36 heavy (non-hydrogen) atoms. The van der Waals surface area contributed by atoms with Crippen LogP contribution in [0.15, 0.2) is 66.7 Å². The molecule has 1 N–H and O–H groups in total. The fourth-order valence-electron chi connectivity index (χ4n) is 4.03. The molecule has 1 fully saturated rings. The summed E-state index contributed by atoms with van der Waals surface area (Å²) in [7, 11) is 0. The van der Waals surface area contributed by atoms with Gasteiger partial charge in [0.05, 0.1) is 29.1 Å². The van der Waals surface area contributed by atoms with Crippen molar-refractivity contribution in [1.29, 1.82) is 0 Å². The van der Waals surface area contributed by atoms with Gasteiger partial charge < -0.3 is 19.9 Å². The Morgan fingerprint density at radius 3 is 2.31 bits per heavy atom. The number of hydrogen-bond acceptors (Lipinski definition) is 5. The molecule has 0 bridgehead atoms. The minimum Gasteiger partial charge on any atom is -0.462 e. The second-order valence-electron chi connectivity index (χ2n) is 8.18. The maximum absolute atomic E-state index is 13.2. The predicted octanol–water partition coefficient (Wildman–Crippen LogP) is 5.29. The molecular weight excluding hydrogens is 684 g/mol. The number of anilines is 2. The standard InChI is InChI=1S/C27H25I2N3O4/c1-2-36-27(35)19-8-11-24(23(16-19)30-25(33)21-17-20(28)9-10-22(21)29)31-12-14-32(15-13-31)26(34)18-6-4-3-5-7-18/h3-11,16-17H,2,12-15H2,1H3,(H,30,33). The average Bonchev–Trinajstić information content (AvgIpc) is 2.90. The normalized spacial score (nSPS) is 13.3. The van der Waals surface area contributed by atoms with Gasteiger partial charge >= 0.3 is 5.97 Å². The molecule has 0 unspecified atom stereocenters. The Morgan fingerprint density at radius 2 is 1.61 bits per heavy atom. The second-order valence-corrected chi connectivity index (χ2v) is 10.6. The van der Waals surface area contributed by atoms with Gasteiger partial charge in [-0.2, -0.15) is 0 Å². The number of carbonyl (C=O) groups is 3. The van der Waals surface area contributed by atoms with Crippen molar-refractivity contribution in [3.05, 3.63) is 90.6 Å². The van der Waals surface area contributed by atoms with Crippen molar-refractivity contribution in [3.63, 3.8) is 0 Å². The van der Waals surface area contributed by atoms with Gasteiger partial charge in [-0.1, -0.05) is 18.2 Å². The van der Waals surface area contributed by atoms with Crippen molar-refractivity contribution < 1.29 is 19.1 Å². The van der Waals surface area contributed by atoms with Gasteiger partial charge in [0.15, 0.2) is 0 Å². The number of carbonyl (C=O) groups excluding carboxylic acids is 3. The highest BCUT2D eigenvalue weighted by atomic mass is 127. The van der Waals surface area contributed by atoms with Gasteiger partial charge in [0, 0.05) is 38.9 Å². The minimum absolute atomic E-state index is 0.00897. The molecule has 0 aromatic heterocycles. The highest BCUT2D eigenvalue weighted by Gasteiger charge is 2.25. The summed E-state index contributed by atoms with van der Waals surface area (Å²) in [5.41, 5.74) is 2.93. The molecule has 3 aromatic carbocycles. The molecule has 1 heterocycles. The monoisotopic (exact) mass is 709 g/mol. The Balaban J connectivity index is 1.57. The van der Waals surface area contributed by atoms with Crippen LogP contribution in [0.1, 0.15) is 38.0 Å². The summed E-state index contributed by atoms with van der Waals surface area (Å²) in [4.78, 5) is 42.4. The molecular formula is C27H25I2N3O4. The smallest absolute Gasteiger partial charge is 0.338 e. The third kappa shape index (κ3) is 6.17. The van der Waals surface area contributed by atoms with Gasteiger partial charge in [-0.05, 0) is 101 Å². The lowest BCUT2D eigenvalue weighted by atomic mass is 10.1. The van der Waals surface area contributed by atoms with Crippen molar-refractivity contribution in [2.45, 2.75) is 6.92 Å². The van der Waals surface area contributed by atoms with E-state index >= 15 is 0 Å². The molecule has 186 valence electrons. The SMILES string of the molecule is CCOC(=O)c1ccc(N2CCN(C(=O)c3ccccc3)CC2)c(NC(=O)c2cc(I)ccc2I)c1. The van der Waals surface area contributed by atoms with Crippen LogP contribution in [0.25, 0.3) is 0 Å².